The van der Waals surface area contributed by atoms with Gasteiger partial charge in [-0.2, -0.15) is 0 Å². The van der Waals surface area contributed by atoms with Crippen LogP contribution in [0.25, 0.3) is 0 Å². The molecule has 4 atom stereocenters. The van der Waals surface area contributed by atoms with E-state index in [-0.39, 0.29) is 13.0 Å². The minimum atomic E-state index is -2.11. The molecule has 0 fully saturated rings. The zero-order chi connectivity index (χ0) is 13.9. The van der Waals surface area contributed by atoms with Crippen molar-refractivity contribution in [3.8, 4) is 0 Å². The van der Waals surface area contributed by atoms with E-state index in [1.807, 2.05) is 0 Å². The van der Waals surface area contributed by atoms with Crippen LogP contribution in [0.15, 0.2) is 0 Å². The molecule has 0 aromatic heterocycles. The lowest BCUT2D eigenvalue weighted by atomic mass is 9.67. The maximum absolute atomic E-state index is 10.4. The van der Waals surface area contributed by atoms with Crippen molar-refractivity contribution in [2.75, 3.05) is 13.2 Å². The summed E-state index contributed by atoms with van der Waals surface area (Å²) in [5.41, 5.74) is -3.35. The molecule has 0 amide bonds. The maximum atomic E-state index is 10.4. The lowest BCUT2D eigenvalue weighted by Gasteiger charge is -2.48. The summed E-state index contributed by atoms with van der Waals surface area (Å²) in [5.74, 6) is 0. The van der Waals surface area contributed by atoms with Gasteiger partial charge in [-0.3, -0.25) is 0 Å². The van der Waals surface area contributed by atoms with E-state index < -0.39 is 35.9 Å². The molecule has 6 N–H and O–H groups in total. The van der Waals surface area contributed by atoms with Crippen molar-refractivity contribution < 1.29 is 30.6 Å². The third-order valence-electron chi connectivity index (χ3n) is 3.30. The van der Waals surface area contributed by atoms with Gasteiger partial charge in [0.25, 0.3) is 0 Å². The minimum Gasteiger partial charge on any atom is -0.396 e. The summed E-state index contributed by atoms with van der Waals surface area (Å²) in [6, 6.07) is 0. The van der Waals surface area contributed by atoms with Gasteiger partial charge in [0.1, 0.15) is 11.7 Å². The highest BCUT2D eigenvalue weighted by molar-refractivity contribution is 5.04. The number of aliphatic hydroxyl groups is 6. The van der Waals surface area contributed by atoms with Crippen molar-refractivity contribution in [2.24, 2.45) is 5.41 Å². The van der Waals surface area contributed by atoms with Gasteiger partial charge in [0, 0.05) is 12.0 Å². The normalized spacial score (nSPS) is 21.7. The Hall–Kier alpha value is -0.240. The molecule has 0 aromatic rings. The quantitative estimate of drug-likeness (QED) is 0.319. The Kier molecular flexibility index (Phi) is 6.00. The average Bonchev–Trinajstić information content (AvgIpc) is 2.26. The third kappa shape index (κ3) is 3.15. The van der Waals surface area contributed by atoms with E-state index in [1.54, 1.807) is 0 Å². The zero-order valence-electron chi connectivity index (χ0n) is 10.5. The Balaban J connectivity index is 5.35. The van der Waals surface area contributed by atoms with Crippen LogP contribution in [0.3, 0.4) is 0 Å². The van der Waals surface area contributed by atoms with E-state index in [0.717, 1.165) is 0 Å². The molecular weight excluding hydrogens is 228 g/mol. The molecule has 0 aromatic carbocycles. The fourth-order valence-corrected chi connectivity index (χ4v) is 1.89. The summed E-state index contributed by atoms with van der Waals surface area (Å²) < 4.78 is 0. The first-order chi connectivity index (χ1) is 7.65. The molecule has 6 heteroatoms. The highest BCUT2D eigenvalue weighted by Crippen LogP contribution is 2.38. The first kappa shape index (κ1) is 16.8. The lowest BCUT2D eigenvalue weighted by molar-refractivity contribution is -0.236. The molecule has 0 spiro atoms. The van der Waals surface area contributed by atoms with Gasteiger partial charge < -0.3 is 30.6 Å². The molecule has 0 aliphatic heterocycles. The van der Waals surface area contributed by atoms with Crippen LogP contribution >= 0.6 is 0 Å². The van der Waals surface area contributed by atoms with Gasteiger partial charge in [-0.15, -0.1) is 0 Å². The number of aliphatic hydroxyl groups excluding tert-OH is 5. The molecule has 0 saturated carbocycles. The van der Waals surface area contributed by atoms with Crippen molar-refractivity contribution >= 4 is 0 Å². The van der Waals surface area contributed by atoms with Crippen LogP contribution in [0.2, 0.25) is 0 Å². The van der Waals surface area contributed by atoms with Crippen LogP contribution in [-0.4, -0.2) is 67.8 Å². The monoisotopic (exact) mass is 252 g/mol. The molecular formula is C11H24O6. The zero-order valence-corrected chi connectivity index (χ0v) is 10.5. The fraction of sp³-hybridized carbons (Fsp3) is 1.00. The smallest absolute Gasteiger partial charge is 0.126 e. The molecule has 17 heavy (non-hydrogen) atoms. The second kappa shape index (κ2) is 6.08. The van der Waals surface area contributed by atoms with E-state index in [2.05, 4.69) is 0 Å². The van der Waals surface area contributed by atoms with Gasteiger partial charge in [0.05, 0.1) is 18.8 Å². The van der Waals surface area contributed by atoms with Crippen LogP contribution in [0, 0.1) is 5.41 Å². The summed E-state index contributed by atoms with van der Waals surface area (Å²) in [4.78, 5) is 0. The molecule has 0 aliphatic carbocycles. The third-order valence-corrected chi connectivity index (χ3v) is 3.30. The van der Waals surface area contributed by atoms with E-state index in [0.29, 0.717) is 0 Å². The molecule has 0 rings (SSSR count). The van der Waals surface area contributed by atoms with Gasteiger partial charge in [0.15, 0.2) is 0 Å². The van der Waals surface area contributed by atoms with Crippen molar-refractivity contribution in [1.82, 2.24) is 0 Å². The van der Waals surface area contributed by atoms with E-state index in [4.69, 9.17) is 5.11 Å². The Morgan fingerprint density at radius 1 is 1.06 bits per heavy atom. The topological polar surface area (TPSA) is 121 Å². The molecule has 6 nitrogen and oxygen atoms in total. The standard InChI is InChI=1S/C11H24O6/c1-7(14)9(16)11(17,8(15)4-5-12)10(2,3)6-13/h7-9,12-17H,4-6H2,1-3H3. The summed E-state index contributed by atoms with van der Waals surface area (Å²) in [6.45, 7) is 3.32. The number of rotatable bonds is 7. The summed E-state index contributed by atoms with van der Waals surface area (Å²) in [5, 5.41) is 57.6. The van der Waals surface area contributed by atoms with Gasteiger partial charge >= 0.3 is 0 Å². The van der Waals surface area contributed by atoms with Gasteiger partial charge in [-0.1, -0.05) is 13.8 Å². The minimum absolute atomic E-state index is 0.163. The van der Waals surface area contributed by atoms with Crippen molar-refractivity contribution in [1.29, 1.82) is 0 Å². The SMILES string of the molecule is CC(O)C(O)C(O)(C(O)CCO)C(C)(C)CO. The second-order valence-electron chi connectivity index (χ2n) is 5.08. The fourth-order valence-electron chi connectivity index (χ4n) is 1.89. The Morgan fingerprint density at radius 2 is 1.53 bits per heavy atom. The Morgan fingerprint density at radius 3 is 1.82 bits per heavy atom. The first-order valence-corrected chi connectivity index (χ1v) is 5.63. The Labute approximate surface area is 101 Å². The predicted octanol–water partition coefficient (Wildman–Crippen LogP) is -1.78. The molecule has 4 unspecified atom stereocenters. The number of hydrogen-bond donors (Lipinski definition) is 6. The van der Waals surface area contributed by atoms with Crippen LogP contribution in [0.4, 0.5) is 0 Å². The number of hydrogen-bond acceptors (Lipinski definition) is 6. The van der Waals surface area contributed by atoms with E-state index in [1.165, 1.54) is 20.8 Å². The van der Waals surface area contributed by atoms with Gasteiger partial charge in [-0.05, 0) is 13.3 Å². The largest absolute Gasteiger partial charge is 0.396 e. The van der Waals surface area contributed by atoms with Crippen molar-refractivity contribution in [3.63, 3.8) is 0 Å². The summed E-state index contributed by atoms with van der Waals surface area (Å²) in [7, 11) is 0. The summed E-state index contributed by atoms with van der Waals surface area (Å²) in [6.07, 6.45) is -4.53. The van der Waals surface area contributed by atoms with Crippen LogP contribution < -0.4 is 0 Å². The molecule has 0 saturated heterocycles. The first-order valence-electron chi connectivity index (χ1n) is 5.63. The second-order valence-corrected chi connectivity index (χ2v) is 5.08. The highest BCUT2D eigenvalue weighted by atomic mass is 16.4. The molecule has 0 heterocycles. The summed E-state index contributed by atoms with van der Waals surface area (Å²) >= 11 is 0. The van der Waals surface area contributed by atoms with Crippen LogP contribution in [0.5, 0.6) is 0 Å². The highest BCUT2D eigenvalue weighted by Gasteiger charge is 2.54. The van der Waals surface area contributed by atoms with Gasteiger partial charge in [-0.25, -0.2) is 0 Å². The Bertz CT molecular complexity index is 230. The predicted molar refractivity (Wildman–Crippen MR) is 61.2 cm³/mol. The molecule has 0 bridgehead atoms. The average molecular weight is 252 g/mol. The van der Waals surface area contributed by atoms with Crippen LogP contribution in [-0.2, 0) is 0 Å². The van der Waals surface area contributed by atoms with Crippen molar-refractivity contribution in [2.45, 2.75) is 51.1 Å². The van der Waals surface area contributed by atoms with E-state index in [9.17, 15) is 25.5 Å². The molecule has 0 radical (unpaired) electrons. The lowest BCUT2D eigenvalue weighted by Crippen LogP contribution is -2.65. The van der Waals surface area contributed by atoms with Crippen LogP contribution in [0.1, 0.15) is 27.2 Å². The van der Waals surface area contributed by atoms with Crippen molar-refractivity contribution in [3.05, 3.63) is 0 Å². The van der Waals surface area contributed by atoms with Gasteiger partial charge in [0.2, 0.25) is 0 Å². The van der Waals surface area contributed by atoms with E-state index >= 15 is 0 Å². The molecule has 0 aliphatic rings. The molecule has 104 valence electrons. The maximum Gasteiger partial charge on any atom is 0.126 e.